The number of aliphatic hydroxyl groups is 1. The van der Waals surface area contributed by atoms with Crippen LogP contribution < -0.4 is 9.47 Å². The van der Waals surface area contributed by atoms with Gasteiger partial charge in [0.2, 0.25) is 5.88 Å². The largest absolute Gasteiger partial charge is 0.513 e. The van der Waals surface area contributed by atoms with E-state index in [4.69, 9.17) is 25.9 Å². The third-order valence-electron chi connectivity index (χ3n) is 4.75. The zero-order chi connectivity index (χ0) is 25.6. The van der Waals surface area contributed by atoms with Gasteiger partial charge in [-0.05, 0) is 33.8 Å². The lowest BCUT2D eigenvalue weighted by molar-refractivity contribution is -0.137. The lowest BCUT2D eigenvalue weighted by Crippen LogP contribution is -2.28. The fourth-order valence-corrected chi connectivity index (χ4v) is 2.77. The Hall–Kier alpha value is -3.12. The second-order valence-electron chi connectivity index (χ2n) is 7.10. The summed E-state index contributed by atoms with van der Waals surface area (Å²) in [6, 6.07) is 0.715. The van der Waals surface area contributed by atoms with E-state index in [1.54, 1.807) is 27.7 Å². The van der Waals surface area contributed by atoms with Gasteiger partial charge < -0.3 is 24.2 Å². The Morgan fingerprint density at radius 2 is 1.97 bits per heavy atom. The minimum Gasteiger partial charge on any atom is -0.470 e. The molecule has 0 saturated carbocycles. The maximum Gasteiger partial charge on any atom is 0.513 e. The van der Waals surface area contributed by atoms with Gasteiger partial charge in [-0.3, -0.25) is 4.98 Å². The Morgan fingerprint density at radius 3 is 2.53 bits per heavy atom. The van der Waals surface area contributed by atoms with Crippen molar-refractivity contribution in [2.75, 3.05) is 7.11 Å². The molecule has 0 fully saturated rings. The van der Waals surface area contributed by atoms with Gasteiger partial charge in [-0.2, -0.15) is 13.2 Å². The molecule has 9 nitrogen and oxygen atoms in total. The lowest BCUT2D eigenvalue weighted by Gasteiger charge is -2.20. The maximum absolute atomic E-state index is 12.8. The van der Waals surface area contributed by atoms with Crippen molar-refractivity contribution in [3.8, 4) is 11.6 Å². The number of hydrogen-bond acceptors (Lipinski definition) is 9. The number of aromatic nitrogens is 2. The SMILES string of the molecule is COC(=O)Oc1c(C)c(C)nc(CO)c1/C=N/OC(C)C(C)Oc1ncc(C(F)(F)F)cc1Cl. The first-order valence-corrected chi connectivity index (χ1v) is 10.2. The van der Waals surface area contributed by atoms with E-state index >= 15 is 0 Å². The van der Waals surface area contributed by atoms with E-state index in [-0.39, 0.29) is 27.9 Å². The number of hydrogen-bond donors (Lipinski definition) is 1. The van der Waals surface area contributed by atoms with Crippen molar-refractivity contribution in [1.29, 1.82) is 0 Å². The van der Waals surface area contributed by atoms with Gasteiger partial charge in [-0.25, -0.2) is 9.78 Å². The molecule has 2 rings (SSSR count). The van der Waals surface area contributed by atoms with Crippen LogP contribution in [0.15, 0.2) is 17.4 Å². The highest BCUT2D eigenvalue weighted by molar-refractivity contribution is 6.31. The fourth-order valence-electron chi connectivity index (χ4n) is 2.56. The first-order valence-electron chi connectivity index (χ1n) is 9.84. The number of methoxy groups -OCH3 is 1. The number of carbonyl (C=O) groups excluding carboxylic acids is 1. The summed E-state index contributed by atoms with van der Waals surface area (Å²) < 4.78 is 53.5. The second kappa shape index (κ2) is 11.3. The van der Waals surface area contributed by atoms with Gasteiger partial charge in [-0.1, -0.05) is 16.8 Å². The van der Waals surface area contributed by atoms with Crippen molar-refractivity contribution < 1.29 is 42.1 Å². The van der Waals surface area contributed by atoms with Crippen molar-refractivity contribution in [1.82, 2.24) is 9.97 Å². The van der Waals surface area contributed by atoms with Crippen LogP contribution >= 0.6 is 11.6 Å². The summed E-state index contributed by atoms with van der Waals surface area (Å²) in [7, 11) is 1.15. The summed E-state index contributed by atoms with van der Waals surface area (Å²) in [5.74, 6) is -0.107. The third kappa shape index (κ3) is 6.70. The van der Waals surface area contributed by atoms with E-state index in [0.717, 1.165) is 7.11 Å². The molecule has 2 aromatic rings. The Morgan fingerprint density at radius 1 is 1.29 bits per heavy atom. The minimum atomic E-state index is -4.58. The number of oxime groups is 1. The molecule has 2 unspecified atom stereocenters. The Kier molecular flexibility index (Phi) is 9.05. The molecular weight excluding hydrogens is 483 g/mol. The average Bonchev–Trinajstić information content (AvgIpc) is 2.78. The number of pyridine rings is 2. The van der Waals surface area contributed by atoms with Crippen LogP contribution in [0, 0.1) is 13.8 Å². The first-order chi connectivity index (χ1) is 15.9. The maximum atomic E-state index is 12.8. The normalized spacial score (nSPS) is 13.5. The number of alkyl halides is 3. The smallest absolute Gasteiger partial charge is 0.470 e. The molecular formula is C21H23ClF3N3O6. The summed E-state index contributed by atoms with van der Waals surface area (Å²) in [5.41, 5.74) is 0.434. The standard InChI is InChI=1S/C21H23ClF3N3O6/c1-10-11(2)28-17(9-29)15(18(10)33-20(30)31-5)8-27-34-13(4)12(3)32-19-16(22)6-14(7-26-19)21(23,24)25/h6-8,12-13,29H,9H2,1-5H3/b27-8+. The summed E-state index contributed by atoms with van der Waals surface area (Å²) >= 11 is 5.86. The zero-order valence-electron chi connectivity index (χ0n) is 18.9. The second-order valence-corrected chi connectivity index (χ2v) is 7.51. The van der Waals surface area contributed by atoms with Crippen molar-refractivity contribution in [2.24, 2.45) is 5.16 Å². The Bertz CT molecular complexity index is 1070. The highest BCUT2D eigenvalue weighted by Gasteiger charge is 2.32. The summed E-state index contributed by atoms with van der Waals surface area (Å²) in [6.07, 6.45) is -5.17. The molecule has 2 aromatic heterocycles. The molecule has 0 aliphatic heterocycles. The van der Waals surface area contributed by atoms with Crippen LogP contribution in [-0.2, 0) is 22.4 Å². The fraction of sp³-hybridized carbons (Fsp3) is 0.429. The van der Waals surface area contributed by atoms with Crippen LogP contribution in [0.3, 0.4) is 0 Å². The van der Waals surface area contributed by atoms with E-state index in [1.165, 1.54) is 6.21 Å². The van der Waals surface area contributed by atoms with Crippen LogP contribution in [0.2, 0.25) is 5.02 Å². The van der Waals surface area contributed by atoms with E-state index in [9.17, 15) is 23.1 Å². The zero-order valence-corrected chi connectivity index (χ0v) is 19.7. The number of carbonyl (C=O) groups is 1. The van der Waals surface area contributed by atoms with E-state index in [1.807, 2.05) is 0 Å². The van der Waals surface area contributed by atoms with Crippen molar-refractivity contribution in [3.63, 3.8) is 0 Å². The number of halogens is 4. The molecule has 0 aromatic carbocycles. The molecule has 34 heavy (non-hydrogen) atoms. The highest BCUT2D eigenvalue weighted by Crippen LogP contribution is 2.33. The van der Waals surface area contributed by atoms with Gasteiger partial charge in [-0.15, -0.1) is 0 Å². The van der Waals surface area contributed by atoms with E-state index in [0.29, 0.717) is 23.5 Å². The van der Waals surface area contributed by atoms with Gasteiger partial charge in [0.15, 0.2) is 6.10 Å². The molecule has 1 N–H and O–H groups in total. The van der Waals surface area contributed by atoms with E-state index < -0.39 is 36.7 Å². The third-order valence-corrected chi connectivity index (χ3v) is 5.02. The van der Waals surface area contributed by atoms with Crippen molar-refractivity contribution in [2.45, 2.75) is 52.7 Å². The quantitative estimate of drug-likeness (QED) is 0.314. The summed E-state index contributed by atoms with van der Waals surface area (Å²) in [6.45, 7) is 6.06. The predicted molar refractivity (Wildman–Crippen MR) is 115 cm³/mol. The summed E-state index contributed by atoms with van der Waals surface area (Å²) in [5, 5.41) is 13.2. The minimum absolute atomic E-state index is 0.0911. The van der Waals surface area contributed by atoms with Crippen LogP contribution in [-0.4, -0.2) is 46.8 Å². The van der Waals surface area contributed by atoms with Crippen LogP contribution in [0.5, 0.6) is 11.6 Å². The molecule has 13 heteroatoms. The van der Waals surface area contributed by atoms with Gasteiger partial charge in [0.1, 0.15) is 16.9 Å². The molecule has 186 valence electrons. The monoisotopic (exact) mass is 505 g/mol. The number of rotatable bonds is 8. The number of aliphatic hydroxyl groups excluding tert-OH is 1. The molecule has 0 spiro atoms. The van der Waals surface area contributed by atoms with Crippen LogP contribution in [0.25, 0.3) is 0 Å². The molecule has 2 atom stereocenters. The molecule has 2 heterocycles. The first kappa shape index (κ1) is 27.1. The number of aryl methyl sites for hydroxylation is 1. The average molecular weight is 506 g/mol. The Balaban J connectivity index is 2.17. The van der Waals surface area contributed by atoms with E-state index in [2.05, 4.69) is 19.9 Å². The highest BCUT2D eigenvalue weighted by atomic mass is 35.5. The van der Waals surface area contributed by atoms with Gasteiger partial charge in [0.05, 0.1) is 36.8 Å². The van der Waals surface area contributed by atoms with Gasteiger partial charge >= 0.3 is 12.3 Å². The lowest BCUT2D eigenvalue weighted by atomic mass is 10.1. The number of nitrogens with zero attached hydrogens (tertiary/aromatic N) is 3. The molecule has 0 radical (unpaired) electrons. The molecule has 0 aliphatic carbocycles. The van der Waals surface area contributed by atoms with Crippen LogP contribution in [0.4, 0.5) is 18.0 Å². The van der Waals surface area contributed by atoms with Crippen molar-refractivity contribution in [3.05, 3.63) is 45.4 Å². The molecule has 0 aliphatic rings. The van der Waals surface area contributed by atoms with Crippen molar-refractivity contribution >= 4 is 24.0 Å². The van der Waals surface area contributed by atoms with Gasteiger partial charge in [0, 0.05) is 17.5 Å². The van der Waals surface area contributed by atoms with Crippen LogP contribution in [0.1, 0.15) is 41.9 Å². The molecule has 0 saturated heterocycles. The number of ether oxygens (including phenoxy) is 3. The predicted octanol–water partition coefficient (Wildman–Crippen LogP) is 4.61. The molecule has 0 amide bonds. The van der Waals surface area contributed by atoms with Gasteiger partial charge in [0.25, 0.3) is 0 Å². The summed E-state index contributed by atoms with van der Waals surface area (Å²) in [4.78, 5) is 24.9. The molecule has 0 bridgehead atoms. The topological polar surface area (TPSA) is 112 Å². The Labute approximate surface area is 198 Å².